The molecule has 1 unspecified atom stereocenters. The van der Waals surface area contributed by atoms with Gasteiger partial charge >= 0.3 is 6.03 Å². The molecule has 4 rings (SSSR count). The molecule has 3 atom stereocenters. The smallest absolute Gasteiger partial charge is 0.315 e. The zero-order valence-corrected chi connectivity index (χ0v) is 30.9. The number of ketones is 1. The van der Waals surface area contributed by atoms with E-state index in [9.17, 15) is 32.4 Å². The molecule has 276 valence electrons. The quantitative estimate of drug-likeness (QED) is 0.158. The van der Waals surface area contributed by atoms with Crippen LogP contribution in [-0.4, -0.2) is 90.1 Å². The molecule has 4 fully saturated rings. The molecule has 1 heterocycles. The van der Waals surface area contributed by atoms with Crippen LogP contribution < -0.4 is 21.3 Å². The van der Waals surface area contributed by atoms with E-state index in [0.717, 1.165) is 64.2 Å². The molecule has 0 spiro atoms. The molecule has 4 N–H and O–H groups in total. The SMILES string of the molecule is C=CCNC(=O)C(=O)C(CC1CC1)NC(=O)[C@@H]1CCCN1C(=O)[C@@H](NC(=O)NC1(CS(=O)(=O)C(C)(C)C)CCCCC1)C1(C)CCCCC1. The lowest BCUT2D eigenvalue weighted by atomic mass is 9.70. The number of hydrogen-bond donors (Lipinski definition) is 4. The number of carbonyl (C=O) groups excluding carboxylic acids is 5. The van der Waals surface area contributed by atoms with Gasteiger partial charge in [0.2, 0.25) is 17.6 Å². The Morgan fingerprint density at radius 3 is 2.08 bits per heavy atom. The minimum absolute atomic E-state index is 0.133. The normalized spacial score (nSPS) is 23.4. The lowest BCUT2D eigenvalue weighted by molar-refractivity contribution is -0.144. The van der Waals surface area contributed by atoms with E-state index in [-0.39, 0.29) is 24.1 Å². The highest BCUT2D eigenvalue weighted by Crippen LogP contribution is 2.41. The Balaban J connectivity index is 1.54. The number of nitrogens with zero attached hydrogens (tertiary/aromatic N) is 1. The number of hydrogen-bond acceptors (Lipinski definition) is 7. The fourth-order valence-corrected chi connectivity index (χ4v) is 9.29. The molecule has 0 aromatic heterocycles. The molecule has 0 aromatic carbocycles. The van der Waals surface area contributed by atoms with Crippen LogP contribution in [-0.2, 0) is 29.0 Å². The van der Waals surface area contributed by atoms with Crippen LogP contribution in [0.5, 0.6) is 0 Å². The standard InChI is InChI=1S/C36H59N5O7S/c1-6-21-37-31(44)28(42)26(23-25-15-16-25)38-30(43)27-14-13-22-41(27)32(45)29(35(5)17-9-7-10-18-35)39-33(46)40-36(19-11-8-12-20-36)24-49(47,48)34(2,3)4/h6,25-27,29H,1,7-24H2,2-5H3,(H,37,44)(H,38,43)(H2,39,40,46)/t26?,27-,29+/m0/s1. The van der Waals surface area contributed by atoms with Crippen LogP contribution in [0.15, 0.2) is 12.7 Å². The summed E-state index contributed by atoms with van der Waals surface area (Å²) >= 11 is 0. The first-order valence-electron chi connectivity index (χ1n) is 18.4. The van der Waals surface area contributed by atoms with Crippen molar-refractivity contribution in [2.45, 2.75) is 152 Å². The molecule has 0 radical (unpaired) electrons. The van der Waals surface area contributed by atoms with Gasteiger partial charge in [0.25, 0.3) is 5.91 Å². The molecule has 4 aliphatic rings. The highest BCUT2D eigenvalue weighted by atomic mass is 32.2. The second-order valence-electron chi connectivity index (χ2n) is 16.3. The van der Waals surface area contributed by atoms with Crippen molar-refractivity contribution in [2.75, 3.05) is 18.8 Å². The van der Waals surface area contributed by atoms with Gasteiger partial charge in [-0.1, -0.05) is 64.4 Å². The maximum Gasteiger partial charge on any atom is 0.315 e. The van der Waals surface area contributed by atoms with Gasteiger partial charge in [0.05, 0.1) is 22.1 Å². The molecule has 13 heteroatoms. The number of carbonyl (C=O) groups is 5. The Kier molecular flexibility index (Phi) is 12.6. The molecule has 1 aliphatic heterocycles. The molecule has 1 saturated heterocycles. The van der Waals surface area contributed by atoms with Gasteiger partial charge in [-0.3, -0.25) is 19.2 Å². The summed E-state index contributed by atoms with van der Waals surface area (Å²) in [7, 11) is -3.55. The van der Waals surface area contributed by atoms with E-state index in [4.69, 9.17) is 0 Å². The maximum absolute atomic E-state index is 14.5. The average Bonchev–Trinajstić information content (AvgIpc) is 3.72. The van der Waals surface area contributed by atoms with E-state index in [2.05, 4.69) is 27.8 Å². The Morgan fingerprint density at radius 1 is 0.898 bits per heavy atom. The number of Topliss-reactive ketones (excluding diaryl/α,β-unsaturated/α-hetero) is 1. The van der Waals surface area contributed by atoms with Gasteiger partial charge in [-0.15, -0.1) is 6.58 Å². The summed E-state index contributed by atoms with van der Waals surface area (Å²) in [6.45, 7) is 11.0. The summed E-state index contributed by atoms with van der Waals surface area (Å²) in [6.07, 6.45) is 12.6. The highest BCUT2D eigenvalue weighted by Gasteiger charge is 2.48. The minimum Gasteiger partial charge on any atom is -0.346 e. The van der Waals surface area contributed by atoms with Crippen LogP contribution in [0.25, 0.3) is 0 Å². The fourth-order valence-electron chi connectivity index (χ4n) is 7.77. The first kappa shape index (κ1) is 38.8. The van der Waals surface area contributed by atoms with E-state index in [1.54, 1.807) is 20.8 Å². The topological polar surface area (TPSA) is 171 Å². The van der Waals surface area contributed by atoms with Crippen molar-refractivity contribution >= 4 is 39.4 Å². The summed E-state index contributed by atoms with van der Waals surface area (Å²) in [5, 5.41) is 11.4. The molecular formula is C36H59N5O7S. The molecule has 0 aromatic rings. The lowest BCUT2D eigenvalue weighted by Gasteiger charge is -2.44. The molecule has 3 saturated carbocycles. The second-order valence-corrected chi connectivity index (χ2v) is 19.0. The van der Waals surface area contributed by atoms with Gasteiger partial charge in [-0.2, -0.15) is 0 Å². The van der Waals surface area contributed by atoms with Crippen LogP contribution in [0, 0.1) is 11.3 Å². The van der Waals surface area contributed by atoms with E-state index in [0.29, 0.717) is 38.6 Å². The largest absolute Gasteiger partial charge is 0.346 e. The number of amides is 5. The van der Waals surface area contributed by atoms with Gasteiger partial charge in [-0.25, -0.2) is 13.2 Å². The van der Waals surface area contributed by atoms with Gasteiger partial charge < -0.3 is 26.2 Å². The lowest BCUT2D eigenvalue weighted by Crippen LogP contribution is -2.64. The van der Waals surface area contributed by atoms with Crippen molar-refractivity contribution in [1.82, 2.24) is 26.2 Å². The maximum atomic E-state index is 14.5. The second kappa shape index (κ2) is 15.9. The summed E-state index contributed by atoms with van der Waals surface area (Å²) in [5.74, 6) is -2.25. The summed E-state index contributed by atoms with van der Waals surface area (Å²) in [4.78, 5) is 69.3. The van der Waals surface area contributed by atoms with Gasteiger partial charge in [-0.05, 0) is 77.0 Å². The van der Waals surface area contributed by atoms with Crippen molar-refractivity contribution in [3.8, 4) is 0 Å². The number of likely N-dealkylation sites (tertiary alicyclic amines) is 1. The first-order chi connectivity index (χ1) is 23.0. The van der Waals surface area contributed by atoms with E-state index >= 15 is 0 Å². The van der Waals surface area contributed by atoms with E-state index in [1.807, 2.05) is 6.92 Å². The average molecular weight is 706 g/mol. The van der Waals surface area contributed by atoms with Crippen LogP contribution in [0.2, 0.25) is 0 Å². The summed E-state index contributed by atoms with van der Waals surface area (Å²) in [5.41, 5.74) is -1.51. The zero-order valence-electron chi connectivity index (χ0n) is 30.0. The van der Waals surface area contributed by atoms with Crippen molar-refractivity contribution in [3.05, 3.63) is 12.7 Å². The van der Waals surface area contributed by atoms with Gasteiger partial charge in [0.1, 0.15) is 12.1 Å². The van der Waals surface area contributed by atoms with Crippen LogP contribution >= 0.6 is 0 Å². The predicted molar refractivity (Wildman–Crippen MR) is 188 cm³/mol. The van der Waals surface area contributed by atoms with E-state index in [1.165, 1.54) is 11.0 Å². The number of urea groups is 1. The monoisotopic (exact) mass is 705 g/mol. The van der Waals surface area contributed by atoms with E-state index < -0.39 is 67.3 Å². The van der Waals surface area contributed by atoms with Gasteiger partial charge in [0.15, 0.2) is 9.84 Å². The van der Waals surface area contributed by atoms with Crippen molar-refractivity contribution in [3.63, 3.8) is 0 Å². The summed E-state index contributed by atoms with van der Waals surface area (Å²) in [6, 6.07) is -3.35. The first-order valence-corrected chi connectivity index (χ1v) is 20.0. The van der Waals surface area contributed by atoms with Crippen LogP contribution in [0.3, 0.4) is 0 Å². The molecule has 0 bridgehead atoms. The van der Waals surface area contributed by atoms with Crippen LogP contribution in [0.4, 0.5) is 4.79 Å². The number of rotatable bonds is 14. The fraction of sp³-hybridized carbons (Fsp3) is 0.806. The molecule has 49 heavy (non-hydrogen) atoms. The number of sulfone groups is 1. The highest BCUT2D eigenvalue weighted by molar-refractivity contribution is 7.92. The third-order valence-electron chi connectivity index (χ3n) is 11.2. The predicted octanol–water partition coefficient (Wildman–Crippen LogP) is 3.69. The summed E-state index contributed by atoms with van der Waals surface area (Å²) < 4.78 is 25.7. The Morgan fingerprint density at radius 2 is 1.51 bits per heavy atom. The Labute approximate surface area is 292 Å². The van der Waals surface area contributed by atoms with Gasteiger partial charge in [0, 0.05) is 13.1 Å². The molecule has 12 nitrogen and oxygen atoms in total. The molecule has 5 amide bonds. The van der Waals surface area contributed by atoms with Crippen molar-refractivity contribution in [1.29, 1.82) is 0 Å². The van der Waals surface area contributed by atoms with Crippen LogP contribution in [0.1, 0.15) is 124 Å². The Hall–Kier alpha value is -2.96. The van der Waals surface area contributed by atoms with Crippen molar-refractivity contribution in [2.24, 2.45) is 11.3 Å². The molecule has 3 aliphatic carbocycles. The third kappa shape index (κ3) is 9.85. The number of nitrogens with one attached hydrogen (secondary N) is 4. The Bertz CT molecular complexity index is 1360. The third-order valence-corrected chi connectivity index (χ3v) is 14.0. The molecular weight excluding hydrogens is 646 g/mol. The van der Waals surface area contributed by atoms with Crippen molar-refractivity contribution < 1.29 is 32.4 Å². The zero-order chi connectivity index (χ0) is 36.0. The minimum atomic E-state index is -3.55.